The van der Waals surface area contributed by atoms with Gasteiger partial charge in [-0.05, 0) is 61.8 Å². The van der Waals surface area contributed by atoms with E-state index in [0.717, 1.165) is 34.2 Å². The summed E-state index contributed by atoms with van der Waals surface area (Å²) in [6, 6.07) is 5.40. The molecule has 1 N–H and O–H groups in total. The number of imide groups is 1. The first-order valence-corrected chi connectivity index (χ1v) is 10.2. The third-order valence-electron chi connectivity index (χ3n) is 6.13. The number of amides is 3. The van der Waals surface area contributed by atoms with Crippen LogP contribution in [0.25, 0.3) is 0 Å². The van der Waals surface area contributed by atoms with Crippen molar-refractivity contribution in [2.24, 2.45) is 23.7 Å². The monoisotopic (exact) mass is 448 g/mol. The molecule has 4 rings (SSSR count). The molecule has 1 aromatic rings. The Hall–Kier alpha value is -2.22. The van der Waals surface area contributed by atoms with Crippen LogP contribution in [0.2, 0.25) is 0 Å². The molecule has 1 aromatic carbocycles. The molecule has 3 amide bonds. The number of nitrogens with zero attached hydrogens (tertiary/aromatic N) is 1. The molecule has 7 nitrogen and oxygen atoms in total. The molecule has 1 saturated heterocycles. The molecular formula is C20H21BrN2O5. The van der Waals surface area contributed by atoms with Gasteiger partial charge in [-0.15, -0.1) is 0 Å². The first kappa shape index (κ1) is 19.1. The summed E-state index contributed by atoms with van der Waals surface area (Å²) < 4.78 is 5.88. The van der Waals surface area contributed by atoms with Crippen molar-refractivity contribution < 1.29 is 23.9 Å². The second kappa shape index (κ2) is 7.31. The Morgan fingerprint density at radius 3 is 2.43 bits per heavy atom. The summed E-state index contributed by atoms with van der Waals surface area (Å²) in [5.41, 5.74) is 1.49. The molecule has 1 heterocycles. The van der Waals surface area contributed by atoms with Crippen LogP contribution < -0.4 is 5.32 Å². The predicted octanol–water partition coefficient (Wildman–Crippen LogP) is 2.27. The SMILES string of the molecule is Cc1cc(Br)ccc1NC(=O)COC(=O)CN1C(=O)[C@H]2[C@H]3CC[C@@H](C3)[C@@H]2C1=O. The van der Waals surface area contributed by atoms with Gasteiger partial charge in [0.25, 0.3) is 5.91 Å². The Bertz CT molecular complexity index is 842. The molecule has 2 saturated carbocycles. The molecule has 0 spiro atoms. The van der Waals surface area contributed by atoms with Crippen molar-refractivity contribution >= 4 is 45.3 Å². The van der Waals surface area contributed by atoms with Crippen molar-refractivity contribution in [3.63, 3.8) is 0 Å². The third kappa shape index (κ3) is 3.34. The number of hydrogen-bond acceptors (Lipinski definition) is 5. The average Bonchev–Trinajstić information content (AvgIpc) is 3.32. The molecule has 2 bridgehead atoms. The van der Waals surface area contributed by atoms with Gasteiger partial charge in [0.15, 0.2) is 6.61 Å². The first-order chi connectivity index (χ1) is 13.3. The molecule has 0 aromatic heterocycles. The molecule has 28 heavy (non-hydrogen) atoms. The van der Waals surface area contributed by atoms with Gasteiger partial charge in [-0.1, -0.05) is 15.9 Å². The Kier molecular flexibility index (Phi) is 4.99. The third-order valence-corrected chi connectivity index (χ3v) is 6.63. The zero-order valence-electron chi connectivity index (χ0n) is 15.4. The highest BCUT2D eigenvalue weighted by Crippen LogP contribution is 2.56. The number of nitrogens with one attached hydrogen (secondary N) is 1. The molecule has 148 valence electrons. The number of esters is 1. The van der Waals surface area contributed by atoms with E-state index in [1.807, 2.05) is 13.0 Å². The standard InChI is InChI=1S/C20H21BrN2O5/c1-10-6-13(21)4-5-14(10)22-15(24)9-28-16(25)8-23-19(26)17-11-2-3-12(7-11)18(17)20(23)27/h4-6,11-12,17-18H,2-3,7-9H2,1H3,(H,22,24)/t11-,12-,17-,18-/m0/s1. The summed E-state index contributed by atoms with van der Waals surface area (Å²) in [6.07, 6.45) is 2.91. The van der Waals surface area contributed by atoms with Gasteiger partial charge in [0, 0.05) is 10.2 Å². The van der Waals surface area contributed by atoms with E-state index in [9.17, 15) is 19.2 Å². The van der Waals surface area contributed by atoms with Gasteiger partial charge >= 0.3 is 5.97 Å². The molecule has 2 aliphatic carbocycles. The summed E-state index contributed by atoms with van der Waals surface area (Å²) >= 11 is 3.35. The van der Waals surface area contributed by atoms with Gasteiger partial charge in [0.05, 0.1) is 11.8 Å². The minimum Gasteiger partial charge on any atom is -0.454 e. The number of carbonyl (C=O) groups excluding carboxylic acids is 4. The zero-order chi connectivity index (χ0) is 20.0. The van der Waals surface area contributed by atoms with Gasteiger partial charge < -0.3 is 10.1 Å². The van der Waals surface area contributed by atoms with Gasteiger partial charge in [0.1, 0.15) is 6.54 Å². The van der Waals surface area contributed by atoms with Crippen LogP contribution in [-0.4, -0.2) is 41.7 Å². The fourth-order valence-corrected chi connectivity index (χ4v) is 5.38. The van der Waals surface area contributed by atoms with Gasteiger partial charge in [-0.3, -0.25) is 24.1 Å². The fraction of sp³-hybridized carbons (Fsp3) is 0.500. The molecule has 4 atom stereocenters. The highest BCUT2D eigenvalue weighted by Gasteiger charge is 2.61. The Morgan fingerprint density at radius 2 is 1.82 bits per heavy atom. The second-order valence-electron chi connectivity index (χ2n) is 7.82. The maximum atomic E-state index is 12.6. The van der Waals surface area contributed by atoms with Crippen LogP contribution in [0.5, 0.6) is 0 Å². The van der Waals surface area contributed by atoms with Crippen molar-refractivity contribution in [3.05, 3.63) is 28.2 Å². The number of halogens is 1. The normalized spacial score (nSPS) is 27.9. The summed E-state index contributed by atoms with van der Waals surface area (Å²) in [4.78, 5) is 50.3. The fourth-order valence-electron chi connectivity index (χ4n) is 4.90. The average molecular weight is 449 g/mol. The van der Waals surface area contributed by atoms with Crippen molar-refractivity contribution in [2.45, 2.75) is 26.2 Å². The lowest BCUT2D eigenvalue weighted by Gasteiger charge is -2.19. The van der Waals surface area contributed by atoms with Gasteiger partial charge in [-0.2, -0.15) is 0 Å². The van der Waals surface area contributed by atoms with Crippen LogP contribution in [0.1, 0.15) is 24.8 Å². The van der Waals surface area contributed by atoms with E-state index in [-0.39, 0.29) is 35.5 Å². The second-order valence-corrected chi connectivity index (χ2v) is 8.73. The van der Waals surface area contributed by atoms with Crippen molar-refractivity contribution in [3.8, 4) is 0 Å². The Balaban J connectivity index is 1.29. The number of hydrogen-bond donors (Lipinski definition) is 1. The summed E-state index contributed by atoms with van der Waals surface area (Å²) in [7, 11) is 0. The Labute approximate surface area is 170 Å². The number of carbonyl (C=O) groups is 4. The highest BCUT2D eigenvalue weighted by molar-refractivity contribution is 9.10. The van der Waals surface area contributed by atoms with E-state index in [1.54, 1.807) is 12.1 Å². The van der Waals surface area contributed by atoms with Crippen molar-refractivity contribution in [2.75, 3.05) is 18.5 Å². The summed E-state index contributed by atoms with van der Waals surface area (Å²) in [5, 5.41) is 2.67. The molecular weight excluding hydrogens is 428 g/mol. The van der Waals surface area contributed by atoms with E-state index in [4.69, 9.17) is 4.74 Å². The highest BCUT2D eigenvalue weighted by atomic mass is 79.9. The molecule has 0 unspecified atom stereocenters. The minimum absolute atomic E-state index is 0.255. The van der Waals surface area contributed by atoms with Gasteiger partial charge in [0.2, 0.25) is 11.8 Å². The van der Waals surface area contributed by atoms with Crippen molar-refractivity contribution in [1.29, 1.82) is 0 Å². The predicted molar refractivity (Wildman–Crippen MR) is 103 cm³/mol. The van der Waals surface area contributed by atoms with Crippen LogP contribution in [0.15, 0.2) is 22.7 Å². The van der Waals surface area contributed by atoms with Crippen molar-refractivity contribution in [1.82, 2.24) is 4.90 Å². The maximum absolute atomic E-state index is 12.6. The van der Waals surface area contributed by atoms with E-state index in [0.29, 0.717) is 5.69 Å². The van der Waals surface area contributed by atoms with E-state index < -0.39 is 25.0 Å². The van der Waals surface area contributed by atoms with Gasteiger partial charge in [-0.25, -0.2) is 0 Å². The zero-order valence-corrected chi connectivity index (χ0v) is 17.0. The number of anilines is 1. The quantitative estimate of drug-likeness (QED) is 0.550. The molecule has 3 fully saturated rings. The van der Waals surface area contributed by atoms with Crippen LogP contribution >= 0.6 is 15.9 Å². The number of fused-ring (bicyclic) bond motifs is 5. The lowest BCUT2D eigenvalue weighted by Crippen LogP contribution is -2.38. The maximum Gasteiger partial charge on any atom is 0.326 e. The molecule has 1 aliphatic heterocycles. The van der Waals surface area contributed by atoms with E-state index in [1.165, 1.54) is 0 Å². The largest absolute Gasteiger partial charge is 0.454 e. The topological polar surface area (TPSA) is 92.8 Å². The lowest BCUT2D eigenvalue weighted by molar-refractivity contribution is -0.154. The smallest absolute Gasteiger partial charge is 0.326 e. The van der Waals surface area contributed by atoms with Crippen LogP contribution in [0.3, 0.4) is 0 Å². The Morgan fingerprint density at radius 1 is 1.18 bits per heavy atom. The molecule has 8 heteroatoms. The van der Waals surface area contributed by atoms with Crippen LogP contribution in [0, 0.1) is 30.6 Å². The minimum atomic E-state index is -0.753. The first-order valence-electron chi connectivity index (χ1n) is 9.42. The number of benzene rings is 1. The molecule has 0 radical (unpaired) electrons. The summed E-state index contributed by atoms with van der Waals surface area (Å²) in [5.74, 6) is -1.72. The number of likely N-dealkylation sites (tertiary alicyclic amines) is 1. The summed E-state index contributed by atoms with van der Waals surface area (Å²) in [6.45, 7) is 0.957. The number of rotatable bonds is 5. The van der Waals surface area contributed by atoms with Crippen LogP contribution in [-0.2, 0) is 23.9 Å². The van der Waals surface area contributed by atoms with E-state index in [2.05, 4.69) is 21.2 Å². The lowest BCUT2D eigenvalue weighted by atomic mass is 9.81. The number of ether oxygens (including phenoxy) is 1. The van der Waals surface area contributed by atoms with Crippen LogP contribution in [0.4, 0.5) is 5.69 Å². The molecule has 3 aliphatic rings. The van der Waals surface area contributed by atoms with E-state index >= 15 is 0 Å². The number of aryl methyl sites for hydroxylation is 1.